The van der Waals surface area contributed by atoms with Crippen molar-refractivity contribution in [2.45, 2.75) is 109 Å². The Hall–Kier alpha value is -2.30. The first-order chi connectivity index (χ1) is 22.7. The number of aliphatic hydroxyl groups excluding tert-OH is 2. The summed E-state index contributed by atoms with van der Waals surface area (Å²) >= 11 is 0. The Morgan fingerprint density at radius 1 is 0.574 bits per heavy atom. The van der Waals surface area contributed by atoms with E-state index in [1.165, 1.54) is 96.3 Å². The van der Waals surface area contributed by atoms with Gasteiger partial charge in [0.2, 0.25) is 0 Å². The summed E-state index contributed by atoms with van der Waals surface area (Å²) in [5.74, 6) is 4.07. The van der Waals surface area contributed by atoms with E-state index in [1.807, 2.05) is 60.7 Å². The normalized spacial score (nSPS) is 28.7. The zero-order valence-electron chi connectivity index (χ0n) is 27.9. The second kappa shape index (κ2) is 16.4. The number of imidazole rings is 1. The summed E-state index contributed by atoms with van der Waals surface area (Å²) in [5, 5.41) is 22.8. The first-order valence-corrected chi connectivity index (χ1v) is 18.5. The Balaban J connectivity index is 0.000000163. The second-order valence-corrected chi connectivity index (χ2v) is 14.8. The molecule has 0 amide bonds. The van der Waals surface area contributed by atoms with Crippen LogP contribution in [0.5, 0.6) is 0 Å². The topological polar surface area (TPSA) is 58.3 Å². The molecule has 8 rings (SSSR count). The standard InChI is InChI=1S/C23H40O2.C19H13N2.Ir/c24-22-19(16-8-3-1-4-9-16)13-7-12-18-14-15-20(23(25)21(18)22)17-10-5-2-6-11-17;1-3-9-15(10-4-1)19-20-17-13-7-8-14-18(17)21(19)16-11-5-2-6-12-16;/h16-25H,1-15H2;1-9,11-14H;/q;-1;/t18?,19-,20+,21?,22?,23?;;/m1../s1. The molecule has 4 aromatic rings. The fourth-order valence-electron chi connectivity index (χ4n) is 9.95. The van der Waals surface area contributed by atoms with Crippen molar-refractivity contribution in [1.82, 2.24) is 9.55 Å². The predicted octanol–water partition coefficient (Wildman–Crippen LogP) is 9.80. The van der Waals surface area contributed by atoms with Crippen molar-refractivity contribution in [2.24, 2.45) is 35.5 Å². The molecule has 1 radical (unpaired) electrons. The quantitative estimate of drug-likeness (QED) is 0.202. The smallest absolute Gasteiger partial charge is 0.0774 e. The van der Waals surface area contributed by atoms with E-state index in [4.69, 9.17) is 4.98 Å². The maximum Gasteiger partial charge on any atom is 0.0774 e. The first kappa shape index (κ1) is 34.6. The van der Waals surface area contributed by atoms with E-state index in [0.717, 1.165) is 39.9 Å². The van der Waals surface area contributed by atoms with Crippen molar-refractivity contribution in [3.63, 3.8) is 0 Å². The number of nitrogens with zero attached hydrogens (tertiary/aromatic N) is 2. The third-order valence-corrected chi connectivity index (χ3v) is 12.2. The van der Waals surface area contributed by atoms with E-state index in [9.17, 15) is 10.2 Å². The molecule has 6 atom stereocenters. The molecule has 253 valence electrons. The average Bonchev–Trinajstić information content (AvgIpc) is 3.43. The molecule has 0 bridgehead atoms. The summed E-state index contributed by atoms with van der Waals surface area (Å²) in [7, 11) is 0. The van der Waals surface area contributed by atoms with Crippen molar-refractivity contribution < 1.29 is 30.3 Å². The summed E-state index contributed by atoms with van der Waals surface area (Å²) in [6.07, 6.45) is 19.2. The number of hydrogen-bond donors (Lipinski definition) is 2. The van der Waals surface area contributed by atoms with Gasteiger partial charge in [-0.05, 0) is 79.5 Å². The average molecular weight is 810 g/mol. The van der Waals surface area contributed by atoms with Crippen LogP contribution in [0.15, 0.2) is 78.9 Å². The largest absolute Gasteiger partial charge is 0.392 e. The van der Waals surface area contributed by atoms with Crippen LogP contribution < -0.4 is 0 Å². The summed E-state index contributed by atoms with van der Waals surface area (Å²) < 4.78 is 2.18. The maximum absolute atomic E-state index is 11.4. The van der Waals surface area contributed by atoms with Gasteiger partial charge >= 0.3 is 0 Å². The third kappa shape index (κ3) is 7.64. The van der Waals surface area contributed by atoms with E-state index in [2.05, 4.69) is 28.8 Å². The molecule has 0 aliphatic heterocycles. The van der Waals surface area contributed by atoms with Crippen LogP contribution in [0.1, 0.15) is 96.3 Å². The number of para-hydroxylation sites is 3. The number of benzene rings is 3. The van der Waals surface area contributed by atoms with Crippen molar-refractivity contribution in [3.8, 4) is 17.1 Å². The zero-order valence-corrected chi connectivity index (χ0v) is 30.2. The van der Waals surface area contributed by atoms with Gasteiger partial charge in [-0.2, -0.15) is 0 Å². The summed E-state index contributed by atoms with van der Waals surface area (Å²) in [4.78, 5) is 4.79. The van der Waals surface area contributed by atoms with Gasteiger partial charge in [0.05, 0.1) is 29.1 Å². The van der Waals surface area contributed by atoms with Gasteiger partial charge in [-0.1, -0.05) is 101 Å². The minimum atomic E-state index is -0.239. The number of aromatic nitrogens is 2. The van der Waals surface area contributed by atoms with Crippen LogP contribution in [0.3, 0.4) is 0 Å². The molecule has 1 heterocycles. The fraction of sp³-hybridized carbons (Fsp3) is 0.548. The SMILES string of the molecule is OC1C2C(CCC[C@@H]1C1CCCCC1)CC[C@@H](C1CCCCC1)C2O.[Ir].[c-]1ccccc1-c1nc2ccccc2n1-c1ccccc1. The molecule has 5 heteroatoms. The Morgan fingerprint density at radius 2 is 1.17 bits per heavy atom. The van der Waals surface area contributed by atoms with Crippen molar-refractivity contribution in [1.29, 1.82) is 0 Å². The molecule has 4 aliphatic rings. The van der Waals surface area contributed by atoms with Gasteiger partial charge in [-0.25, -0.2) is 0 Å². The van der Waals surface area contributed by atoms with Gasteiger partial charge in [0, 0.05) is 31.7 Å². The Morgan fingerprint density at radius 3 is 1.83 bits per heavy atom. The zero-order chi connectivity index (χ0) is 31.3. The van der Waals surface area contributed by atoms with E-state index in [-0.39, 0.29) is 38.2 Å². The van der Waals surface area contributed by atoms with E-state index < -0.39 is 0 Å². The van der Waals surface area contributed by atoms with Crippen molar-refractivity contribution >= 4 is 11.0 Å². The fourth-order valence-corrected chi connectivity index (χ4v) is 9.95. The summed E-state index contributed by atoms with van der Waals surface area (Å²) in [6, 6.07) is 29.7. The molecule has 3 aromatic carbocycles. The second-order valence-electron chi connectivity index (χ2n) is 14.8. The van der Waals surface area contributed by atoms with Gasteiger partial charge in [0.1, 0.15) is 0 Å². The Bertz CT molecular complexity index is 1510. The van der Waals surface area contributed by atoms with Crippen LogP contribution in [0.2, 0.25) is 0 Å². The molecule has 2 N–H and O–H groups in total. The third-order valence-electron chi connectivity index (χ3n) is 12.2. The van der Waals surface area contributed by atoms with Crippen LogP contribution in [-0.2, 0) is 20.1 Å². The monoisotopic (exact) mass is 810 g/mol. The van der Waals surface area contributed by atoms with E-state index in [0.29, 0.717) is 17.8 Å². The molecule has 0 spiro atoms. The first-order valence-electron chi connectivity index (χ1n) is 18.5. The number of rotatable bonds is 4. The minimum Gasteiger partial charge on any atom is -0.392 e. The van der Waals surface area contributed by atoms with Gasteiger partial charge in [-0.15, -0.1) is 35.9 Å². The van der Waals surface area contributed by atoms with Crippen LogP contribution in [0.4, 0.5) is 0 Å². The van der Waals surface area contributed by atoms with E-state index in [1.54, 1.807) is 0 Å². The molecule has 4 fully saturated rings. The van der Waals surface area contributed by atoms with Gasteiger partial charge in [0.25, 0.3) is 0 Å². The molecule has 4 nitrogen and oxygen atoms in total. The summed E-state index contributed by atoms with van der Waals surface area (Å²) in [5.41, 5.74) is 4.21. The summed E-state index contributed by atoms with van der Waals surface area (Å²) in [6.45, 7) is 0. The van der Waals surface area contributed by atoms with E-state index >= 15 is 0 Å². The molecule has 0 saturated heterocycles. The molecule has 1 aromatic heterocycles. The number of aliphatic hydroxyl groups is 2. The maximum atomic E-state index is 11.4. The molecule has 47 heavy (non-hydrogen) atoms. The molecule has 4 unspecified atom stereocenters. The molecular formula is C42H53IrN2O2-. The molecule has 4 saturated carbocycles. The van der Waals surface area contributed by atoms with Gasteiger partial charge < -0.3 is 14.8 Å². The number of fused-ring (bicyclic) bond motifs is 2. The van der Waals surface area contributed by atoms with Gasteiger partial charge in [0.15, 0.2) is 0 Å². The molecule has 4 aliphatic carbocycles. The van der Waals surface area contributed by atoms with Crippen molar-refractivity contribution in [3.05, 3.63) is 84.9 Å². The van der Waals surface area contributed by atoms with Gasteiger partial charge in [-0.3, -0.25) is 4.98 Å². The van der Waals surface area contributed by atoms with Crippen LogP contribution in [0.25, 0.3) is 28.1 Å². The number of hydrogen-bond acceptors (Lipinski definition) is 3. The Kier molecular flexibility index (Phi) is 12.1. The van der Waals surface area contributed by atoms with Crippen molar-refractivity contribution in [2.75, 3.05) is 0 Å². The molecular weight excluding hydrogens is 757 g/mol. The van der Waals surface area contributed by atoms with Crippen LogP contribution >= 0.6 is 0 Å². The Labute approximate surface area is 295 Å². The predicted molar refractivity (Wildman–Crippen MR) is 188 cm³/mol. The minimum absolute atomic E-state index is 0. The van der Waals surface area contributed by atoms with Crippen LogP contribution in [-0.4, -0.2) is 32.0 Å². The van der Waals surface area contributed by atoms with Crippen LogP contribution in [0, 0.1) is 41.6 Å².